The highest BCUT2D eigenvalue weighted by molar-refractivity contribution is 7.89. The summed E-state index contributed by atoms with van der Waals surface area (Å²) in [5.41, 5.74) is 5.87. The summed E-state index contributed by atoms with van der Waals surface area (Å²) in [5, 5.41) is 0. The minimum atomic E-state index is -3.86. The number of amides is 1. The number of halogens is 2. The third-order valence-corrected chi connectivity index (χ3v) is 5.76. The lowest BCUT2D eigenvalue weighted by Gasteiger charge is -2.32. The highest BCUT2D eigenvalue weighted by Crippen LogP contribution is 2.18. The molecule has 10 heteroatoms. The maximum Gasteiger partial charge on any atom is 0.257 e. The molecule has 148 valence electrons. The highest BCUT2D eigenvalue weighted by Gasteiger charge is 2.28. The number of hydrogen-bond donors (Lipinski definition) is 2. The van der Waals surface area contributed by atoms with Crippen LogP contribution in [0.25, 0.3) is 0 Å². The Morgan fingerprint density at radius 3 is 2.81 bits per heavy atom. The van der Waals surface area contributed by atoms with E-state index in [9.17, 15) is 17.6 Å². The van der Waals surface area contributed by atoms with E-state index < -0.39 is 21.9 Å². The second kappa shape index (κ2) is 8.83. The first-order chi connectivity index (χ1) is 12.4. The molecule has 1 aromatic heterocycles. The summed E-state index contributed by atoms with van der Waals surface area (Å²) < 4.78 is 45.9. The molecule has 1 unspecified atom stereocenters. The average Bonchev–Trinajstić information content (AvgIpc) is 3.10. The van der Waals surface area contributed by atoms with Crippen LogP contribution in [-0.2, 0) is 16.6 Å². The first-order valence-corrected chi connectivity index (χ1v) is 9.72. The first kappa shape index (κ1) is 21.4. The Morgan fingerprint density at radius 1 is 1.37 bits per heavy atom. The molecular formula is C17H21ClFN3O4S. The Hall–Kier alpha value is -1.94. The summed E-state index contributed by atoms with van der Waals surface area (Å²) >= 11 is 0. The van der Waals surface area contributed by atoms with Gasteiger partial charge in [0.05, 0.1) is 17.0 Å². The van der Waals surface area contributed by atoms with Gasteiger partial charge in [0.15, 0.2) is 0 Å². The molecule has 0 radical (unpaired) electrons. The maximum atomic E-state index is 13.3. The van der Waals surface area contributed by atoms with Gasteiger partial charge in [-0.25, -0.2) is 17.5 Å². The van der Waals surface area contributed by atoms with Gasteiger partial charge in [0.1, 0.15) is 17.8 Å². The molecule has 1 aliphatic rings. The number of benzene rings is 1. The fraction of sp³-hybridized carbons (Fsp3) is 0.353. The Bertz CT molecular complexity index is 903. The number of sulfonamides is 1. The monoisotopic (exact) mass is 417 g/mol. The molecule has 1 fully saturated rings. The van der Waals surface area contributed by atoms with Crippen molar-refractivity contribution < 1.29 is 22.0 Å². The van der Waals surface area contributed by atoms with Crippen LogP contribution >= 0.6 is 12.4 Å². The Kier molecular flexibility index (Phi) is 6.99. The fourth-order valence-corrected chi connectivity index (χ4v) is 4.25. The van der Waals surface area contributed by atoms with Crippen LogP contribution in [-0.4, -0.2) is 38.4 Å². The van der Waals surface area contributed by atoms with E-state index in [1.165, 1.54) is 24.5 Å². The van der Waals surface area contributed by atoms with E-state index in [1.807, 2.05) is 0 Å². The molecule has 3 N–H and O–H groups in total. The lowest BCUT2D eigenvalue weighted by molar-refractivity contribution is 0.0702. The van der Waals surface area contributed by atoms with Crippen molar-refractivity contribution in [1.29, 1.82) is 0 Å². The van der Waals surface area contributed by atoms with E-state index in [-0.39, 0.29) is 36.3 Å². The van der Waals surface area contributed by atoms with E-state index in [2.05, 4.69) is 4.72 Å². The molecule has 1 atom stereocenters. The summed E-state index contributed by atoms with van der Waals surface area (Å²) in [5.74, 6) is -0.346. The van der Waals surface area contributed by atoms with Crippen LogP contribution in [0.15, 0.2) is 45.9 Å². The molecule has 2 heterocycles. The molecule has 1 amide bonds. The molecule has 27 heavy (non-hydrogen) atoms. The molecule has 1 aliphatic heterocycles. The van der Waals surface area contributed by atoms with E-state index >= 15 is 0 Å². The third kappa shape index (κ3) is 5.07. The zero-order valence-electron chi connectivity index (χ0n) is 14.4. The number of carbonyl (C=O) groups excluding carboxylic acids is 1. The third-order valence-electron chi connectivity index (χ3n) is 4.24. The molecule has 7 nitrogen and oxygen atoms in total. The molecule has 0 spiro atoms. The van der Waals surface area contributed by atoms with Crippen LogP contribution in [0.5, 0.6) is 0 Å². The molecule has 0 aliphatic carbocycles. The van der Waals surface area contributed by atoms with Gasteiger partial charge in [-0.2, -0.15) is 0 Å². The van der Waals surface area contributed by atoms with Gasteiger partial charge in [0.25, 0.3) is 5.91 Å². The SMILES string of the molecule is Cl.NCc1cc(C(=O)N2CCCC(NS(=O)(=O)c3cccc(F)c3)C2)co1. The minimum absolute atomic E-state index is 0. The zero-order valence-corrected chi connectivity index (χ0v) is 16.1. The van der Waals surface area contributed by atoms with E-state index in [1.54, 1.807) is 11.0 Å². The number of furan rings is 1. The second-order valence-electron chi connectivity index (χ2n) is 6.17. The van der Waals surface area contributed by atoms with Crippen molar-refractivity contribution in [2.45, 2.75) is 30.3 Å². The van der Waals surface area contributed by atoms with Crippen molar-refractivity contribution in [3.63, 3.8) is 0 Å². The standard InChI is InChI=1S/C17H20FN3O4S.ClH/c18-13-3-1-5-16(8-13)26(23,24)20-14-4-2-6-21(10-14)17(22)12-7-15(9-19)25-11-12;/h1,3,5,7-8,11,14,20H,2,4,6,9-10,19H2;1H. The van der Waals surface area contributed by atoms with Gasteiger partial charge in [-0.05, 0) is 37.1 Å². The van der Waals surface area contributed by atoms with Crippen molar-refractivity contribution in [1.82, 2.24) is 9.62 Å². The van der Waals surface area contributed by atoms with Gasteiger partial charge in [0, 0.05) is 19.1 Å². The zero-order chi connectivity index (χ0) is 18.7. The van der Waals surface area contributed by atoms with Gasteiger partial charge in [-0.1, -0.05) is 6.07 Å². The molecular weight excluding hydrogens is 397 g/mol. The average molecular weight is 418 g/mol. The van der Waals surface area contributed by atoms with Crippen molar-refractivity contribution in [3.8, 4) is 0 Å². The van der Waals surface area contributed by atoms with E-state index in [0.717, 1.165) is 6.07 Å². The number of nitrogens with two attached hydrogens (primary N) is 1. The topological polar surface area (TPSA) is 106 Å². The maximum absolute atomic E-state index is 13.3. The van der Waals surface area contributed by atoms with Crippen LogP contribution in [0.4, 0.5) is 4.39 Å². The van der Waals surface area contributed by atoms with Gasteiger partial charge >= 0.3 is 0 Å². The van der Waals surface area contributed by atoms with Crippen LogP contribution in [0.1, 0.15) is 29.0 Å². The van der Waals surface area contributed by atoms with Crippen LogP contribution in [0.2, 0.25) is 0 Å². The Morgan fingerprint density at radius 2 is 2.15 bits per heavy atom. The first-order valence-electron chi connectivity index (χ1n) is 8.23. The van der Waals surface area contributed by atoms with E-state index in [4.69, 9.17) is 10.2 Å². The predicted molar refractivity (Wildman–Crippen MR) is 99.5 cm³/mol. The molecule has 3 rings (SSSR count). The number of likely N-dealkylation sites (tertiary alicyclic amines) is 1. The minimum Gasteiger partial charge on any atom is -0.467 e. The molecule has 2 aromatic rings. The fourth-order valence-electron chi connectivity index (χ4n) is 2.96. The summed E-state index contributed by atoms with van der Waals surface area (Å²) in [4.78, 5) is 14.0. The van der Waals surface area contributed by atoms with Crippen LogP contribution < -0.4 is 10.5 Å². The van der Waals surface area contributed by atoms with Crippen molar-refractivity contribution in [2.24, 2.45) is 5.73 Å². The van der Waals surface area contributed by atoms with Gasteiger partial charge < -0.3 is 15.1 Å². The van der Waals surface area contributed by atoms with Crippen molar-refractivity contribution in [3.05, 3.63) is 53.7 Å². The molecule has 0 saturated carbocycles. The van der Waals surface area contributed by atoms with Crippen molar-refractivity contribution >= 4 is 28.3 Å². The Labute approximate surface area is 163 Å². The number of carbonyl (C=O) groups is 1. The van der Waals surface area contributed by atoms with Gasteiger partial charge in [-0.15, -0.1) is 12.4 Å². The normalized spacial score (nSPS) is 17.4. The number of hydrogen-bond acceptors (Lipinski definition) is 5. The van der Waals surface area contributed by atoms with Crippen LogP contribution in [0.3, 0.4) is 0 Å². The molecule has 1 aromatic carbocycles. The summed E-state index contributed by atoms with van der Waals surface area (Å²) in [7, 11) is -3.86. The quantitative estimate of drug-likeness (QED) is 0.772. The molecule has 1 saturated heterocycles. The van der Waals surface area contributed by atoms with Gasteiger partial charge in [-0.3, -0.25) is 4.79 Å². The summed E-state index contributed by atoms with van der Waals surface area (Å²) in [6.07, 6.45) is 2.60. The number of nitrogens with one attached hydrogen (secondary N) is 1. The smallest absolute Gasteiger partial charge is 0.257 e. The number of rotatable bonds is 5. The highest BCUT2D eigenvalue weighted by atomic mass is 35.5. The lowest BCUT2D eigenvalue weighted by Crippen LogP contribution is -2.49. The lowest BCUT2D eigenvalue weighted by atomic mass is 10.1. The summed E-state index contributed by atoms with van der Waals surface area (Å²) in [6.45, 7) is 0.958. The summed E-state index contributed by atoms with van der Waals surface area (Å²) in [6, 6.07) is 5.96. The van der Waals surface area contributed by atoms with E-state index in [0.29, 0.717) is 30.7 Å². The number of piperidine rings is 1. The predicted octanol–water partition coefficient (Wildman–Crippen LogP) is 1.88. The van der Waals surface area contributed by atoms with Crippen molar-refractivity contribution in [2.75, 3.05) is 13.1 Å². The number of nitrogens with zero attached hydrogens (tertiary/aromatic N) is 1. The van der Waals surface area contributed by atoms with Crippen LogP contribution in [0, 0.1) is 5.82 Å². The second-order valence-corrected chi connectivity index (χ2v) is 7.89. The van der Waals surface area contributed by atoms with Gasteiger partial charge in [0.2, 0.25) is 10.0 Å². The largest absolute Gasteiger partial charge is 0.467 e. The Balaban J connectivity index is 0.00000261. The molecule has 0 bridgehead atoms.